The molecule has 0 saturated heterocycles. The summed E-state index contributed by atoms with van der Waals surface area (Å²) in [5.41, 5.74) is 1.25. The second-order valence-corrected chi connectivity index (χ2v) is 3.77. The molecule has 0 aromatic carbocycles. The monoisotopic (exact) mass is 184 g/mol. The van der Waals surface area contributed by atoms with Crippen molar-refractivity contribution >= 4 is 34.6 Å². The molecule has 0 atom stereocenters. The van der Waals surface area contributed by atoms with Crippen LogP contribution in [0.4, 0.5) is 5.69 Å². The third-order valence-electron chi connectivity index (χ3n) is 1.40. The number of rotatable bonds is 3. The molecule has 0 amide bonds. The van der Waals surface area contributed by atoms with Crippen LogP contribution in [-0.2, 0) is 6.42 Å². The molecule has 0 aliphatic heterocycles. The van der Waals surface area contributed by atoms with E-state index in [9.17, 15) is 0 Å². The Hall–Kier alpha value is -0.410. The van der Waals surface area contributed by atoms with Gasteiger partial charge in [0.05, 0.1) is 0 Å². The van der Waals surface area contributed by atoms with Crippen molar-refractivity contribution in [2.45, 2.75) is 6.42 Å². The molecule has 0 bridgehead atoms. The Kier molecular flexibility index (Phi) is 3.02. The summed E-state index contributed by atoms with van der Waals surface area (Å²) in [6.07, 6.45) is 0.786. The van der Waals surface area contributed by atoms with Crippen LogP contribution in [0.1, 0.15) is 4.88 Å². The van der Waals surface area contributed by atoms with E-state index < -0.39 is 0 Å². The quantitative estimate of drug-likeness (QED) is 0.663. The molecule has 1 rings (SSSR count). The van der Waals surface area contributed by atoms with Gasteiger partial charge in [-0.2, -0.15) is 0 Å². The molecule has 1 nitrogen and oxygen atoms in total. The van der Waals surface area contributed by atoms with Crippen LogP contribution < -0.4 is 4.90 Å². The van der Waals surface area contributed by atoms with Crippen LogP contribution in [0.5, 0.6) is 0 Å². The highest BCUT2D eigenvalue weighted by Gasteiger charge is 1.98. The average Bonchev–Trinajstić information content (AvgIpc) is 2.37. The Bertz CT molecular complexity index is 240. The third kappa shape index (κ3) is 2.27. The maximum absolute atomic E-state index is 4.65. The predicted octanol–water partition coefficient (Wildman–Crippen LogP) is 2.23. The minimum atomic E-state index is 0.786. The van der Waals surface area contributed by atoms with Crippen molar-refractivity contribution in [3.8, 4) is 0 Å². The molecule has 1 radical (unpaired) electrons. The lowest BCUT2D eigenvalue weighted by atomic mass is 10.3. The highest BCUT2D eigenvalue weighted by Crippen LogP contribution is 2.21. The summed E-state index contributed by atoms with van der Waals surface area (Å²) >= 11 is 6.38. The standard InChI is InChI=1S/C8H10NS2/c1-9(2)7-5-8(3-4-10)11-6-7/h5-6H,3H2,1-2H3. The fraction of sp³-hybridized carbons (Fsp3) is 0.375. The molecule has 1 aromatic rings. The Morgan fingerprint density at radius 1 is 1.64 bits per heavy atom. The van der Waals surface area contributed by atoms with Crippen LogP contribution in [-0.4, -0.2) is 19.5 Å². The maximum atomic E-state index is 4.65. The molecule has 1 aromatic heterocycles. The van der Waals surface area contributed by atoms with Crippen molar-refractivity contribution in [1.82, 2.24) is 0 Å². The van der Waals surface area contributed by atoms with Crippen molar-refractivity contribution in [2.75, 3.05) is 19.0 Å². The Labute approximate surface area is 76.7 Å². The number of hydrogen-bond acceptors (Lipinski definition) is 3. The zero-order chi connectivity index (χ0) is 8.27. The molecule has 0 N–H and O–H groups in total. The molecule has 0 aliphatic carbocycles. The van der Waals surface area contributed by atoms with Crippen LogP contribution in [0.25, 0.3) is 0 Å². The van der Waals surface area contributed by atoms with Gasteiger partial charge in [-0.25, -0.2) is 0 Å². The number of hydrogen-bond donors (Lipinski definition) is 0. The van der Waals surface area contributed by atoms with Gasteiger partial charge in [0, 0.05) is 41.8 Å². The number of nitrogens with zero attached hydrogens (tertiary/aromatic N) is 1. The molecule has 0 fully saturated rings. The molecule has 11 heavy (non-hydrogen) atoms. The van der Waals surface area contributed by atoms with Gasteiger partial charge in [-0.05, 0) is 6.07 Å². The minimum Gasteiger partial charge on any atom is -0.377 e. The summed E-state index contributed by atoms with van der Waals surface area (Å²) in [5, 5.41) is 4.84. The number of thiophene rings is 1. The number of anilines is 1. The van der Waals surface area contributed by atoms with Crippen molar-refractivity contribution in [2.24, 2.45) is 0 Å². The Morgan fingerprint density at radius 2 is 2.36 bits per heavy atom. The smallest absolute Gasteiger partial charge is 0.0472 e. The van der Waals surface area contributed by atoms with Crippen LogP contribution >= 0.6 is 23.6 Å². The number of thiocarbonyl (C=S) groups is 1. The third-order valence-corrected chi connectivity index (χ3v) is 2.47. The van der Waals surface area contributed by atoms with Gasteiger partial charge in [0.15, 0.2) is 0 Å². The van der Waals surface area contributed by atoms with Gasteiger partial charge in [0.25, 0.3) is 0 Å². The van der Waals surface area contributed by atoms with Gasteiger partial charge >= 0.3 is 0 Å². The fourth-order valence-corrected chi connectivity index (χ4v) is 1.91. The van der Waals surface area contributed by atoms with E-state index in [1.807, 2.05) is 14.1 Å². The zero-order valence-electron chi connectivity index (χ0n) is 6.63. The van der Waals surface area contributed by atoms with Crippen LogP contribution in [0.2, 0.25) is 0 Å². The normalized spacial score (nSPS) is 9.64. The van der Waals surface area contributed by atoms with Gasteiger partial charge in [-0.15, -0.1) is 11.3 Å². The molecular weight excluding hydrogens is 174 g/mol. The lowest BCUT2D eigenvalue weighted by Crippen LogP contribution is -2.06. The van der Waals surface area contributed by atoms with Gasteiger partial charge in [-0.1, -0.05) is 12.2 Å². The van der Waals surface area contributed by atoms with Gasteiger partial charge in [0.1, 0.15) is 0 Å². The second-order valence-electron chi connectivity index (χ2n) is 2.49. The van der Waals surface area contributed by atoms with E-state index in [0.717, 1.165) is 6.42 Å². The summed E-state index contributed by atoms with van der Waals surface area (Å²) in [7, 11) is 4.07. The zero-order valence-corrected chi connectivity index (χ0v) is 8.26. The molecule has 1 heterocycles. The Balaban J connectivity index is 2.73. The first kappa shape index (κ1) is 8.68. The van der Waals surface area contributed by atoms with Gasteiger partial charge in [0.2, 0.25) is 0 Å². The largest absolute Gasteiger partial charge is 0.377 e. The summed E-state index contributed by atoms with van der Waals surface area (Å²) in [6.45, 7) is 0. The van der Waals surface area contributed by atoms with E-state index in [1.165, 1.54) is 10.6 Å². The van der Waals surface area contributed by atoms with Gasteiger partial charge < -0.3 is 4.90 Å². The molecule has 3 heteroatoms. The lowest BCUT2D eigenvalue weighted by Gasteiger charge is -2.07. The van der Waals surface area contributed by atoms with E-state index in [1.54, 1.807) is 11.3 Å². The topological polar surface area (TPSA) is 3.24 Å². The van der Waals surface area contributed by atoms with Crippen LogP contribution in [0.3, 0.4) is 0 Å². The summed E-state index contributed by atoms with van der Waals surface area (Å²) in [5.74, 6) is 0. The van der Waals surface area contributed by atoms with E-state index in [0.29, 0.717) is 0 Å². The second kappa shape index (κ2) is 3.83. The molecule has 59 valence electrons. The molecule has 0 unspecified atom stereocenters. The maximum Gasteiger partial charge on any atom is 0.0472 e. The van der Waals surface area contributed by atoms with E-state index in [4.69, 9.17) is 0 Å². The van der Waals surface area contributed by atoms with Crippen molar-refractivity contribution in [3.05, 3.63) is 16.3 Å². The van der Waals surface area contributed by atoms with Crippen molar-refractivity contribution < 1.29 is 0 Å². The fourth-order valence-electron chi connectivity index (χ4n) is 0.767. The first-order valence-corrected chi connectivity index (χ1v) is 4.62. The van der Waals surface area contributed by atoms with Crippen LogP contribution in [0, 0.1) is 0 Å². The van der Waals surface area contributed by atoms with E-state index >= 15 is 0 Å². The first-order valence-electron chi connectivity index (χ1n) is 3.34. The predicted molar refractivity (Wildman–Crippen MR) is 54.9 cm³/mol. The van der Waals surface area contributed by atoms with Crippen LogP contribution in [0.15, 0.2) is 11.4 Å². The van der Waals surface area contributed by atoms with E-state index in [2.05, 4.69) is 33.9 Å². The summed E-state index contributed by atoms with van der Waals surface area (Å²) in [4.78, 5) is 3.37. The molecule has 0 aliphatic rings. The molecule has 0 saturated carbocycles. The highest BCUT2D eigenvalue weighted by atomic mass is 32.1. The summed E-state index contributed by atoms with van der Waals surface area (Å²) < 4.78 is 0. The molecule has 0 spiro atoms. The van der Waals surface area contributed by atoms with E-state index in [-0.39, 0.29) is 0 Å². The first-order chi connectivity index (χ1) is 5.24. The SMILES string of the molecule is CN(C)c1csc(C[C]=S)c1. The minimum absolute atomic E-state index is 0.786. The van der Waals surface area contributed by atoms with Gasteiger partial charge in [-0.3, -0.25) is 0 Å². The highest BCUT2D eigenvalue weighted by molar-refractivity contribution is 7.79. The van der Waals surface area contributed by atoms with Crippen molar-refractivity contribution in [1.29, 1.82) is 0 Å². The van der Waals surface area contributed by atoms with Crippen molar-refractivity contribution in [3.63, 3.8) is 0 Å². The lowest BCUT2D eigenvalue weighted by molar-refractivity contribution is 1.14. The molecular formula is C8H10NS2. The average molecular weight is 184 g/mol. The Morgan fingerprint density at radius 3 is 2.82 bits per heavy atom. The summed E-state index contributed by atoms with van der Waals surface area (Å²) in [6, 6.07) is 2.14.